The van der Waals surface area contributed by atoms with Gasteiger partial charge in [-0.25, -0.2) is 0 Å². The van der Waals surface area contributed by atoms with Crippen molar-refractivity contribution in [2.24, 2.45) is 0 Å². The molecule has 4 rings (SSSR count). The van der Waals surface area contributed by atoms with Crippen LogP contribution < -0.4 is 4.90 Å². The maximum absolute atomic E-state index is 11.1. The van der Waals surface area contributed by atoms with E-state index in [9.17, 15) is 8.42 Å². The third-order valence-corrected chi connectivity index (χ3v) is 5.77. The first-order valence-electron chi connectivity index (χ1n) is 9.95. The lowest BCUT2D eigenvalue weighted by atomic mass is 10.0. The van der Waals surface area contributed by atoms with Crippen LogP contribution in [-0.4, -0.2) is 13.0 Å². The van der Waals surface area contributed by atoms with E-state index in [1.807, 2.05) is 30.3 Å². The second kappa shape index (κ2) is 8.76. The average Bonchev–Trinajstić information content (AvgIpc) is 2.76. The topological polar surface area (TPSA) is 57.6 Å². The summed E-state index contributed by atoms with van der Waals surface area (Å²) in [6, 6.07) is 34.1. The first kappa shape index (κ1) is 20.8. The molecular weight excluding hydrogens is 406 g/mol. The summed E-state index contributed by atoms with van der Waals surface area (Å²) in [7, 11) is -4.03. The smallest absolute Gasteiger partial charge is 0.269 e. The maximum Gasteiger partial charge on any atom is 0.269 e. The molecule has 156 valence electrons. The molecule has 0 aliphatic carbocycles. The molecule has 0 saturated carbocycles. The third-order valence-electron chi connectivity index (χ3n) is 5.07. The Hall–Kier alpha value is -3.41. The summed E-state index contributed by atoms with van der Waals surface area (Å²) >= 11 is 0. The lowest BCUT2D eigenvalue weighted by Crippen LogP contribution is -2.09. The highest BCUT2D eigenvalue weighted by atomic mass is 32.2. The summed E-state index contributed by atoms with van der Waals surface area (Å²) in [5.41, 5.74) is 6.97. The Morgan fingerprint density at radius 3 is 1.61 bits per heavy atom. The Labute approximate surface area is 183 Å². The molecule has 0 aliphatic rings. The van der Waals surface area contributed by atoms with Gasteiger partial charge in [0.1, 0.15) is 5.75 Å². The van der Waals surface area contributed by atoms with Gasteiger partial charge in [0.05, 0.1) is 0 Å². The van der Waals surface area contributed by atoms with Crippen LogP contribution >= 0.6 is 0 Å². The summed E-state index contributed by atoms with van der Waals surface area (Å²) < 4.78 is 31.1. The van der Waals surface area contributed by atoms with Gasteiger partial charge in [-0.1, -0.05) is 72.3 Å². The Kier molecular flexibility index (Phi) is 5.89. The number of hydrogen-bond donors (Lipinski definition) is 1. The Balaban J connectivity index is 1.65. The fourth-order valence-electron chi connectivity index (χ4n) is 3.53. The lowest BCUT2D eigenvalue weighted by molar-refractivity contribution is 0.482. The molecule has 5 heteroatoms. The molecule has 0 unspecified atom stereocenters. The predicted molar refractivity (Wildman–Crippen MR) is 127 cm³/mol. The predicted octanol–water partition coefficient (Wildman–Crippen LogP) is 6.52. The minimum Gasteiger partial charge on any atom is -0.311 e. The molecule has 0 aromatic heterocycles. The second-order valence-corrected chi connectivity index (χ2v) is 8.93. The molecule has 4 aromatic rings. The summed E-state index contributed by atoms with van der Waals surface area (Å²) in [5.74, 6) is -0.380. The van der Waals surface area contributed by atoms with E-state index in [1.54, 1.807) is 12.1 Å². The van der Waals surface area contributed by atoms with E-state index >= 15 is 0 Å². The van der Waals surface area contributed by atoms with Gasteiger partial charge < -0.3 is 4.90 Å². The first-order valence-corrected chi connectivity index (χ1v) is 11.6. The molecule has 1 N–H and O–H groups in total. The number of nitrogens with zero attached hydrogens (tertiary/aromatic N) is 1. The summed E-state index contributed by atoms with van der Waals surface area (Å²) in [6.45, 7) is 2.08. The van der Waals surface area contributed by atoms with Crippen molar-refractivity contribution in [1.82, 2.24) is 0 Å². The van der Waals surface area contributed by atoms with Gasteiger partial charge in [0.2, 0.25) is 0 Å². The molecular formula is C26H23NO3S. The quantitative estimate of drug-likeness (QED) is 0.355. The van der Waals surface area contributed by atoms with Crippen LogP contribution in [0.1, 0.15) is 11.1 Å². The normalized spacial score (nSPS) is 11.3. The van der Waals surface area contributed by atoms with Crippen LogP contribution in [0.25, 0.3) is 11.1 Å². The lowest BCUT2D eigenvalue weighted by Gasteiger charge is -2.25. The molecule has 0 fully saturated rings. The molecule has 0 saturated heterocycles. The Bertz CT molecular complexity index is 1250. The number of rotatable bonds is 6. The van der Waals surface area contributed by atoms with Crippen molar-refractivity contribution in [1.29, 1.82) is 0 Å². The highest BCUT2D eigenvalue weighted by Gasteiger charge is 2.12. The van der Waals surface area contributed by atoms with Crippen LogP contribution in [0.2, 0.25) is 0 Å². The first-order chi connectivity index (χ1) is 14.9. The minimum atomic E-state index is -4.03. The van der Waals surface area contributed by atoms with Crippen molar-refractivity contribution >= 4 is 27.2 Å². The van der Waals surface area contributed by atoms with Crippen LogP contribution in [0.5, 0.6) is 0 Å². The fourth-order valence-corrected chi connectivity index (χ4v) is 4.14. The molecule has 0 heterocycles. The molecule has 0 spiro atoms. The summed E-state index contributed by atoms with van der Waals surface area (Å²) in [4.78, 5) is 2.21. The van der Waals surface area contributed by atoms with E-state index < -0.39 is 10.1 Å². The zero-order chi connectivity index (χ0) is 21.8. The molecule has 31 heavy (non-hydrogen) atoms. The molecule has 0 aliphatic heterocycles. The number of benzene rings is 4. The summed E-state index contributed by atoms with van der Waals surface area (Å²) in [6.07, 6.45) is 0. The minimum absolute atomic E-state index is 0.380. The van der Waals surface area contributed by atoms with Crippen LogP contribution in [0.3, 0.4) is 0 Å². The fraction of sp³-hybridized carbons (Fsp3) is 0.0769. The summed E-state index contributed by atoms with van der Waals surface area (Å²) in [5, 5.41) is 0. The van der Waals surface area contributed by atoms with Crippen molar-refractivity contribution < 1.29 is 13.0 Å². The van der Waals surface area contributed by atoms with Crippen LogP contribution in [0.4, 0.5) is 17.1 Å². The van der Waals surface area contributed by atoms with Crippen molar-refractivity contribution in [3.8, 4) is 11.1 Å². The molecule has 4 nitrogen and oxygen atoms in total. The number of hydrogen-bond acceptors (Lipinski definition) is 3. The van der Waals surface area contributed by atoms with Crippen molar-refractivity contribution in [3.63, 3.8) is 0 Å². The SMILES string of the molecule is Cc1ccc(N(c2ccccc2)c2ccc(-c3ccc(CS(=O)(=O)O)cc3)cc2)cc1. The van der Waals surface area contributed by atoms with Crippen LogP contribution in [0, 0.1) is 6.92 Å². The highest BCUT2D eigenvalue weighted by Crippen LogP contribution is 2.35. The van der Waals surface area contributed by atoms with E-state index in [4.69, 9.17) is 4.55 Å². The van der Waals surface area contributed by atoms with Gasteiger partial charge in [0, 0.05) is 17.1 Å². The zero-order valence-electron chi connectivity index (χ0n) is 17.1. The number of aryl methyl sites for hydroxylation is 1. The van der Waals surface area contributed by atoms with E-state index in [0.717, 1.165) is 28.2 Å². The Morgan fingerprint density at radius 1 is 0.645 bits per heavy atom. The van der Waals surface area contributed by atoms with Gasteiger partial charge >= 0.3 is 0 Å². The van der Waals surface area contributed by atoms with Gasteiger partial charge in [-0.3, -0.25) is 4.55 Å². The van der Waals surface area contributed by atoms with Crippen LogP contribution in [0.15, 0.2) is 103 Å². The largest absolute Gasteiger partial charge is 0.311 e. The van der Waals surface area contributed by atoms with Crippen molar-refractivity contribution in [3.05, 3.63) is 114 Å². The van der Waals surface area contributed by atoms with Gasteiger partial charge in [-0.15, -0.1) is 0 Å². The van der Waals surface area contributed by atoms with Crippen LogP contribution in [-0.2, 0) is 15.9 Å². The molecule has 0 bridgehead atoms. The standard InChI is InChI=1S/C26H23NO3S/c1-20-7-15-25(16-8-20)27(24-5-3-2-4-6-24)26-17-13-23(14-18-26)22-11-9-21(10-12-22)19-31(28,29)30/h2-18H,19H2,1H3,(H,28,29,30). The van der Waals surface area contributed by atoms with E-state index in [-0.39, 0.29) is 5.75 Å². The maximum atomic E-state index is 11.1. The van der Waals surface area contributed by atoms with Crippen molar-refractivity contribution in [2.45, 2.75) is 12.7 Å². The van der Waals surface area contributed by atoms with E-state index in [1.165, 1.54) is 5.56 Å². The zero-order valence-corrected chi connectivity index (χ0v) is 18.0. The molecule has 0 atom stereocenters. The molecule has 0 radical (unpaired) electrons. The van der Waals surface area contributed by atoms with E-state index in [0.29, 0.717) is 5.56 Å². The number of anilines is 3. The van der Waals surface area contributed by atoms with Gasteiger partial charge in [0.15, 0.2) is 0 Å². The third kappa shape index (κ3) is 5.20. The van der Waals surface area contributed by atoms with Gasteiger partial charge in [-0.05, 0) is 60.0 Å². The van der Waals surface area contributed by atoms with E-state index in [2.05, 4.69) is 72.5 Å². The molecule has 4 aromatic carbocycles. The highest BCUT2D eigenvalue weighted by molar-refractivity contribution is 7.85. The van der Waals surface area contributed by atoms with Crippen molar-refractivity contribution in [2.75, 3.05) is 4.90 Å². The monoisotopic (exact) mass is 429 g/mol. The Morgan fingerprint density at radius 2 is 1.10 bits per heavy atom. The van der Waals surface area contributed by atoms with Gasteiger partial charge in [-0.2, -0.15) is 8.42 Å². The molecule has 0 amide bonds. The second-order valence-electron chi connectivity index (χ2n) is 7.48. The number of para-hydroxylation sites is 1. The van der Waals surface area contributed by atoms with Gasteiger partial charge in [0.25, 0.3) is 10.1 Å². The average molecular weight is 430 g/mol.